The van der Waals surface area contributed by atoms with Crippen LogP contribution in [0, 0.1) is 11.3 Å². The highest BCUT2D eigenvalue weighted by Crippen LogP contribution is 2.59. The zero-order chi connectivity index (χ0) is 14.7. The van der Waals surface area contributed by atoms with Gasteiger partial charge in [0.1, 0.15) is 0 Å². The fraction of sp³-hybridized carbons (Fsp3) is 0.500. The summed E-state index contributed by atoms with van der Waals surface area (Å²) in [6.45, 7) is 1.59. The van der Waals surface area contributed by atoms with Gasteiger partial charge in [-0.15, -0.1) is 0 Å². The fourth-order valence-corrected chi connectivity index (χ4v) is 4.87. The molecule has 5 rings (SSSR count). The molecule has 0 unspecified atom stereocenters. The Labute approximate surface area is 129 Å². The summed E-state index contributed by atoms with van der Waals surface area (Å²) in [6, 6.07) is 8.78. The Morgan fingerprint density at radius 3 is 2.86 bits per heavy atom. The van der Waals surface area contributed by atoms with Crippen molar-refractivity contribution in [2.45, 2.75) is 31.4 Å². The molecule has 2 aliphatic heterocycles. The molecule has 1 aromatic carbocycles. The van der Waals surface area contributed by atoms with Crippen molar-refractivity contribution in [1.82, 2.24) is 9.55 Å². The van der Waals surface area contributed by atoms with E-state index in [1.54, 1.807) is 0 Å². The topological polar surface area (TPSA) is 47.3 Å². The van der Waals surface area contributed by atoms with E-state index in [9.17, 15) is 5.11 Å². The third kappa shape index (κ3) is 1.52. The predicted octanol–water partition coefficient (Wildman–Crippen LogP) is 2.63. The Kier molecular flexibility index (Phi) is 2.59. The summed E-state index contributed by atoms with van der Waals surface area (Å²) in [5, 5.41) is 10.9. The molecule has 0 bridgehead atoms. The largest absolute Gasteiger partial charge is 0.392 e. The zero-order valence-electron chi connectivity index (χ0n) is 12.5. The zero-order valence-corrected chi connectivity index (χ0v) is 12.5. The van der Waals surface area contributed by atoms with Crippen LogP contribution in [0.2, 0.25) is 0 Å². The number of ether oxygens (including phenoxy) is 1. The van der Waals surface area contributed by atoms with Crippen molar-refractivity contribution in [2.75, 3.05) is 13.2 Å². The van der Waals surface area contributed by atoms with Gasteiger partial charge in [0.15, 0.2) is 0 Å². The molecule has 1 saturated carbocycles. The molecule has 1 aliphatic carbocycles. The van der Waals surface area contributed by atoms with E-state index in [4.69, 9.17) is 4.74 Å². The number of rotatable bonds is 1. The van der Waals surface area contributed by atoms with Crippen LogP contribution >= 0.6 is 0 Å². The van der Waals surface area contributed by atoms with E-state index in [0.29, 0.717) is 0 Å². The molecule has 1 N–H and O–H groups in total. The van der Waals surface area contributed by atoms with Gasteiger partial charge in [0.25, 0.3) is 0 Å². The lowest BCUT2D eigenvalue weighted by molar-refractivity contribution is -0.173. The summed E-state index contributed by atoms with van der Waals surface area (Å²) in [6.07, 6.45) is 6.71. The van der Waals surface area contributed by atoms with Gasteiger partial charge in [-0.05, 0) is 24.8 Å². The molecule has 1 aromatic heterocycles. The van der Waals surface area contributed by atoms with Crippen LogP contribution in [-0.4, -0.2) is 34.0 Å². The standard InChI is InChI=1S/C18H20N2O2/c21-17-14(9-18(17)5-7-22-8-6-18)16-13-4-2-1-3-12(13)15-10-19-11-20(15)16/h1-4,10-11,14,16-17,21H,5-9H2/t14-,16-,17-/m0/s1. The van der Waals surface area contributed by atoms with Gasteiger partial charge in [-0.1, -0.05) is 24.3 Å². The Morgan fingerprint density at radius 1 is 1.23 bits per heavy atom. The second kappa shape index (κ2) is 4.43. The molecule has 0 amide bonds. The third-order valence-corrected chi connectivity index (χ3v) is 6.09. The van der Waals surface area contributed by atoms with E-state index in [-0.39, 0.29) is 23.5 Å². The van der Waals surface area contributed by atoms with Crippen molar-refractivity contribution >= 4 is 0 Å². The molecule has 4 nitrogen and oxygen atoms in total. The highest BCUT2D eigenvalue weighted by molar-refractivity contribution is 5.69. The van der Waals surface area contributed by atoms with Gasteiger partial charge in [0.2, 0.25) is 0 Å². The van der Waals surface area contributed by atoms with Gasteiger partial charge < -0.3 is 14.4 Å². The predicted molar refractivity (Wildman–Crippen MR) is 82.4 cm³/mol. The number of fused-ring (bicyclic) bond motifs is 3. The fourth-order valence-electron chi connectivity index (χ4n) is 4.87. The van der Waals surface area contributed by atoms with Gasteiger partial charge in [-0.25, -0.2) is 4.98 Å². The van der Waals surface area contributed by atoms with Crippen LogP contribution in [0.3, 0.4) is 0 Å². The molecular formula is C18H20N2O2. The summed E-state index contributed by atoms with van der Waals surface area (Å²) in [5.74, 6) is 0.287. The Balaban J connectivity index is 1.52. The minimum Gasteiger partial charge on any atom is -0.392 e. The van der Waals surface area contributed by atoms with Crippen molar-refractivity contribution in [2.24, 2.45) is 11.3 Å². The van der Waals surface area contributed by atoms with Crippen LogP contribution in [0.5, 0.6) is 0 Å². The minimum atomic E-state index is -0.234. The second-order valence-corrected chi connectivity index (χ2v) is 7.01. The first-order valence-electron chi connectivity index (χ1n) is 8.17. The maximum absolute atomic E-state index is 10.9. The number of aliphatic hydroxyl groups is 1. The van der Waals surface area contributed by atoms with Crippen molar-refractivity contribution < 1.29 is 9.84 Å². The first-order chi connectivity index (χ1) is 10.8. The number of aromatic nitrogens is 2. The minimum absolute atomic E-state index is 0.0984. The molecule has 0 radical (unpaired) electrons. The number of hydrogen-bond donors (Lipinski definition) is 1. The number of benzene rings is 1. The Bertz CT molecular complexity index is 717. The third-order valence-electron chi connectivity index (χ3n) is 6.09. The summed E-state index contributed by atoms with van der Waals surface area (Å²) in [7, 11) is 0. The van der Waals surface area contributed by atoms with Crippen LogP contribution in [-0.2, 0) is 4.74 Å². The lowest BCUT2D eigenvalue weighted by atomic mass is 9.53. The summed E-state index contributed by atoms with van der Waals surface area (Å²) in [4.78, 5) is 4.32. The SMILES string of the molecule is O[C@H]1[C@H]([C@@H]2c3ccccc3-c3cncn32)CC12CCOCC2. The second-order valence-electron chi connectivity index (χ2n) is 7.01. The lowest BCUT2D eigenvalue weighted by Crippen LogP contribution is -2.57. The van der Waals surface area contributed by atoms with Gasteiger partial charge >= 0.3 is 0 Å². The molecule has 3 heterocycles. The van der Waals surface area contributed by atoms with Crippen molar-refractivity contribution in [1.29, 1.82) is 0 Å². The molecule has 22 heavy (non-hydrogen) atoms. The molecule has 114 valence electrons. The summed E-state index contributed by atoms with van der Waals surface area (Å²) in [5.41, 5.74) is 3.89. The molecular weight excluding hydrogens is 276 g/mol. The van der Waals surface area contributed by atoms with Gasteiger partial charge in [-0.2, -0.15) is 0 Å². The average molecular weight is 296 g/mol. The van der Waals surface area contributed by atoms with Crippen LogP contribution in [0.25, 0.3) is 11.3 Å². The van der Waals surface area contributed by atoms with E-state index in [1.807, 2.05) is 12.5 Å². The molecule has 1 saturated heterocycles. The molecule has 4 heteroatoms. The maximum atomic E-state index is 10.9. The van der Waals surface area contributed by atoms with Crippen molar-refractivity contribution in [3.05, 3.63) is 42.4 Å². The van der Waals surface area contributed by atoms with Crippen molar-refractivity contribution in [3.8, 4) is 11.3 Å². The number of nitrogens with zero attached hydrogens (tertiary/aromatic N) is 2. The van der Waals surface area contributed by atoms with Crippen LogP contribution < -0.4 is 0 Å². The molecule has 2 aromatic rings. The summed E-state index contributed by atoms with van der Waals surface area (Å²) < 4.78 is 7.74. The smallest absolute Gasteiger partial charge is 0.0956 e. The monoisotopic (exact) mass is 296 g/mol. The van der Waals surface area contributed by atoms with E-state index in [1.165, 1.54) is 16.8 Å². The maximum Gasteiger partial charge on any atom is 0.0956 e. The summed E-state index contributed by atoms with van der Waals surface area (Å²) >= 11 is 0. The first kappa shape index (κ1) is 12.9. The van der Waals surface area contributed by atoms with Crippen LogP contribution in [0.1, 0.15) is 30.9 Å². The molecule has 2 fully saturated rings. The quantitative estimate of drug-likeness (QED) is 0.880. The normalized spacial score (nSPS) is 31.6. The lowest BCUT2D eigenvalue weighted by Gasteiger charge is -2.56. The van der Waals surface area contributed by atoms with Crippen LogP contribution in [0.15, 0.2) is 36.8 Å². The van der Waals surface area contributed by atoms with E-state index >= 15 is 0 Å². The van der Waals surface area contributed by atoms with Gasteiger partial charge in [-0.3, -0.25) is 0 Å². The van der Waals surface area contributed by atoms with E-state index in [2.05, 4.69) is 33.8 Å². The van der Waals surface area contributed by atoms with Gasteiger partial charge in [0, 0.05) is 30.1 Å². The van der Waals surface area contributed by atoms with E-state index < -0.39 is 0 Å². The number of aliphatic hydroxyl groups excluding tert-OH is 1. The Hall–Kier alpha value is -1.65. The number of hydrogen-bond acceptors (Lipinski definition) is 3. The molecule has 1 spiro atoms. The molecule has 3 aliphatic rings. The highest BCUT2D eigenvalue weighted by atomic mass is 16.5. The average Bonchev–Trinajstić information content (AvgIpc) is 3.14. The first-order valence-corrected chi connectivity index (χ1v) is 8.17. The number of imidazole rings is 1. The molecule has 3 atom stereocenters. The highest BCUT2D eigenvalue weighted by Gasteiger charge is 2.57. The van der Waals surface area contributed by atoms with E-state index in [0.717, 1.165) is 32.5 Å². The van der Waals surface area contributed by atoms with Crippen molar-refractivity contribution in [3.63, 3.8) is 0 Å². The van der Waals surface area contributed by atoms with Crippen LogP contribution in [0.4, 0.5) is 0 Å². The van der Waals surface area contributed by atoms with Gasteiger partial charge in [0.05, 0.1) is 30.4 Å². The Morgan fingerprint density at radius 2 is 2.05 bits per heavy atom.